The minimum absolute atomic E-state index is 0. The number of rotatable bonds is 8. The van der Waals surface area contributed by atoms with E-state index in [-0.39, 0.29) is 21.1 Å². The number of nitrogens with zero attached hydrogens (tertiary/aromatic N) is 4. The minimum Gasteiger partial charge on any atom is -0.480 e. The molecule has 2 atom stereocenters. The van der Waals surface area contributed by atoms with Crippen LogP contribution < -0.4 is 0 Å². The molecule has 0 radical (unpaired) electrons. The van der Waals surface area contributed by atoms with Crippen molar-refractivity contribution < 1.29 is 40.9 Å². The molecule has 2 rings (SSSR count). The fourth-order valence-corrected chi connectivity index (χ4v) is 3.43. The van der Waals surface area contributed by atoms with E-state index in [0.717, 1.165) is 11.4 Å². The Balaban J connectivity index is 0.000000483. The van der Waals surface area contributed by atoms with Gasteiger partial charge in [-0.3, -0.25) is 9.59 Å². The van der Waals surface area contributed by atoms with Crippen LogP contribution in [0, 0.1) is 0 Å². The Morgan fingerprint density at radius 1 is 0.889 bits per heavy atom. The second-order valence-corrected chi connectivity index (χ2v) is 12.6. The SMILES string of the molecule is O=C(O)[C@H](Cc1cnc[nH]1)N(I)I.O=C(O)[C@H](Cc1cnc[nH]1)N(I)I.[Pt]. The molecule has 0 aromatic carbocycles. The summed E-state index contributed by atoms with van der Waals surface area (Å²) in [4.78, 5) is 34.9. The Kier molecular flexibility index (Phi) is 15.3. The molecule has 15 heteroatoms. The van der Waals surface area contributed by atoms with E-state index >= 15 is 0 Å². The van der Waals surface area contributed by atoms with Crippen LogP contribution in [0.3, 0.4) is 0 Å². The van der Waals surface area contributed by atoms with Crippen LogP contribution in [-0.4, -0.2) is 56.8 Å². The standard InChI is InChI=1S/2C6H7I2N3O2.Pt/c2*7-11(8)5(6(12)13)1-4-2-9-3-10-4;/h2*2-3,5H,1H2,(H,9,10)(H,12,13);/t2*5-;/m00./s1. The van der Waals surface area contributed by atoms with E-state index in [1.165, 1.54) is 0 Å². The van der Waals surface area contributed by atoms with E-state index < -0.39 is 24.0 Å². The molecule has 0 aliphatic heterocycles. The average Bonchev–Trinajstić information content (AvgIpc) is 3.23. The average molecular weight is 1010 g/mol. The fourth-order valence-electron chi connectivity index (χ4n) is 1.69. The first kappa shape index (κ1) is 27.9. The maximum atomic E-state index is 10.8. The quantitative estimate of drug-likeness (QED) is 0.235. The van der Waals surface area contributed by atoms with Gasteiger partial charge in [-0.1, -0.05) is 0 Å². The number of aliphatic carboxylic acids is 2. The number of hydrogen-bond donors (Lipinski definition) is 4. The van der Waals surface area contributed by atoms with Gasteiger partial charge in [-0.25, -0.2) is 9.97 Å². The zero-order valence-corrected chi connectivity index (χ0v) is 24.1. The topological polar surface area (TPSA) is 138 Å². The summed E-state index contributed by atoms with van der Waals surface area (Å²) >= 11 is 7.80. The Morgan fingerprint density at radius 3 is 1.41 bits per heavy atom. The van der Waals surface area contributed by atoms with Crippen LogP contribution in [0.15, 0.2) is 25.0 Å². The summed E-state index contributed by atoms with van der Waals surface area (Å²) in [6, 6.07) is -1.05. The van der Waals surface area contributed by atoms with Gasteiger partial charge in [0, 0.05) is 149 Å². The number of carboxylic acids is 2. The van der Waals surface area contributed by atoms with Gasteiger partial charge in [-0.2, -0.15) is 2.65 Å². The molecule has 2 heterocycles. The van der Waals surface area contributed by atoms with Crippen molar-refractivity contribution in [3.63, 3.8) is 0 Å². The van der Waals surface area contributed by atoms with Crippen molar-refractivity contribution in [3.05, 3.63) is 36.4 Å². The summed E-state index contributed by atoms with van der Waals surface area (Å²) in [5, 5.41) is 17.7. The Morgan fingerprint density at radius 2 is 1.22 bits per heavy atom. The first-order chi connectivity index (χ1) is 12.2. The van der Waals surface area contributed by atoms with Gasteiger partial charge in [-0.15, -0.1) is 0 Å². The maximum Gasteiger partial charge on any atom is 0.323 e. The molecule has 0 saturated carbocycles. The summed E-state index contributed by atoms with van der Waals surface area (Å²) in [5.41, 5.74) is 1.65. The zero-order chi connectivity index (χ0) is 19.7. The van der Waals surface area contributed by atoms with Crippen LogP contribution in [0.2, 0.25) is 0 Å². The van der Waals surface area contributed by atoms with Crippen LogP contribution >= 0.6 is 91.5 Å². The second kappa shape index (κ2) is 14.8. The van der Waals surface area contributed by atoms with E-state index in [2.05, 4.69) is 19.9 Å². The van der Waals surface area contributed by atoms with Crippen molar-refractivity contribution in [2.24, 2.45) is 0 Å². The van der Waals surface area contributed by atoms with E-state index in [1.54, 1.807) is 27.7 Å². The molecule has 2 aromatic rings. The maximum absolute atomic E-state index is 10.8. The predicted octanol–water partition coefficient (Wildman–Crippen LogP) is 2.81. The molecular weight excluding hydrogens is 995 g/mol. The Labute approximate surface area is 225 Å². The Bertz CT molecular complexity index is 615. The Hall–Kier alpha value is 0.888. The van der Waals surface area contributed by atoms with Gasteiger partial charge in [-0.05, 0) is 0 Å². The van der Waals surface area contributed by atoms with Crippen molar-refractivity contribution >= 4 is 103 Å². The van der Waals surface area contributed by atoms with Crippen molar-refractivity contribution in [2.45, 2.75) is 24.9 Å². The molecule has 0 fully saturated rings. The normalized spacial score (nSPS) is 12.7. The third-order valence-electron chi connectivity index (χ3n) is 2.98. The van der Waals surface area contributed by atoms with E-state index in [1.807, 2.05) is 91.5 Å². The monoisotopic (exact) mass is 1010 g/mol. The number of carbonyl (C=O) groups is 2. The summed E-state index contributed by atoms with van der Waals surface area (Å²) in [6.07, 6.45) is 7.21. The molecule has 10 nitrogen and oxygen atoms in total. The van der Waals surface area contributed by atoms with Gasteiger partial charge >= 0.3 is 11.9 Å². The summed E-state index contributed by atoms with van der Waals surface area (Å²) in [7, 11) is 0. The molecule has 2 aromatic heterocycles. The zero-order valence-electron chi connectivity index (χ0n) is 13.2. The number of H-pyrrole nitrogens is 2. The van der Waals surface area contributed by atoms with Gasteiger partial charge in [0.05, 0.1) is 12.7 Å². The molecule has 0 spiro atoms. The van der Waals surface area contributed by atoms with Gasteiger partial charge < -0.3 is 20.2 Å². The summed E-state index contributed by atoms with van der Waals surface area (Å²) in [5.74, 6) is -1.67. The van der Waals surface area contributed by atoms with Crippen molar-refractivity contribution in [2.75, 3.05) is 0 Å². The molecule has 0 aliphatic carbocycles. The van der Waals surface area contributed by atoms with Crippen LogP contribution in [0.25, 0.3) is 0 Å². The smallest absolute Gasteiger partial charge is 0.323 e. The van der Waals surface area contributed by atoms with Crippen LogP contribution in [-0.2, 0) is 43.5 Å². The molecule has 27 heavy (non-hydrogen) atoms. The van der Waals surface area contributed by atoms with E-state index in [4.69, 9.17) is 10.2 Å². The molecule has 4 N–H and O–H groups in total. The number of aromatic nitrogens is 4. The first-order valence-corrected chi connectivity index (χ1v) is 10.7. The third-order valence-corrected chi connectivity index (χ3v) is 5.67. The second-order valence-electron chi connectivity index (χ2n) is 4.79. The first-order valence-electron chi connectivity index (χ1n) is 6.84. The largest absolute Gasteiger partial charge is 0.480 e. The van der Waals surface area contributed by atoms with Crippen LogP contribution in [0.5, 0.6) is 0 Å². The van der Waals surface area contributed by atoms with Crippen molar-refractivity contribution in [1.82, 2.24) is 22.6 Å². The van der Waals surface area contributed by atoms with Gasteiger partial charge in [0.1, 0.15) is 12.1 Å². The summed E-state index contributed by atoms with van der Waals surface area (Å²) in [6.45, 7) is 0. The van der Waals surface area contributed by atoms with Gasteiger partial charge in [0.2, 0.25) is 0 Å². The van der Waals surface area contributed by atoms with E-state index in [0.29, 0.717) is 12.8 Å². The van der Waals surface area contributed by atoms with Crippen molar-refractivity contribution in [1.29, 1.82) is 0 Å². The fraction of sp³-hybridized carbons (Fsp3) is 0.333. The number of halogens is 4. The van der Waals surface area contributed by atoms with Crippen LogP contribution in [0.4, 0.5) is 0 Å². The molecule has 0 aliphatic rings. The number of imidazole rings is 2. The van der Waals surface area contributed by atoms with E-state index in [9.17, 15) is 9.59 Å². The van der Waals surface area contributed by atoms with Gasteiger partial charge in [0.15, 0.2) is 0 Å². The van der Waals surface area contributed by atoms with Crippen LogP contribution in [0.1, 0.15) is 11.4 Å². The van der Waals surface area contributed by atoms with Crippen molar-refractivity contribution in [3.8, 4) is 0 Å². The summed E-state index contributed by atoms with van der Waals surface area (Å²) < 4.78 is 3.22. The minimum atomic E-state index is -0.835. The third kappa shape index (κ3) is 11.0. The van der Waals surface area contributed by atoms with Gasteiger partial charge in [0.25, 0.3) is 0 Å². The predicted molar refractivity (Wildman–Crippen MR) is 127 cm³/mol. The molecule has 0 bridgehead atoms. The molecular formula is C12H14I4N6O4Pt. The molecule has 154 valence electrons. The number of carboxylic acid groups (broad SMARTS) is 2. The molecule has 0 amide bonds. The molecule has 0 saturated heterocycles. The number of nitrogens with one attached hydrogen (secondary N) is 2. The molecule has 0 unspecified atom stereocenters. The number of hydrogen-bond acceptors (Lipinski definition) is 6. The number of aromatic amines is 2.